The highest BCUT2D eigenvalue weighted by Crippen LogP contribution is 2.24. The molecule has 0 aliphatic carbocycles. The van der Waals surface area contributed by atoms with Gasteiger partial charge in [0.15, 0.2) is 0 Å². The molecular formula is C28H31ClN4O4. The average molecular weight is 523 g/mol. The Balaban J connectivity index is 1.27. The van der Waals surface area contributed by atoms with Crippen molar-refractivity contribution in [1.82, 2.24) is 15.6 Å². The number of unbranched alkanes of at least 4 members (excludes halogenated alkanes) is 1. The molecule has 194 valence electrons. The molecule has 8 nitrogen and oxygen atoms in total. The minimum atomic E-state index is -0.329. The zero-order valence-corrected chi connectivity index (χ0v) is 21.3. The van der Waals surface area contributed by atoms with E-state index < -0.39 is 0 Å². The molecule has 2 amide bonds. The maximum atomic E-state index is 13.0. The van der Waals surface area contributed by atoms with Crippen LogP contribution in [0.1, 0.15) is 35.4 Å². The predicted octanol–water partition coefficient (Wildman–Crippen LogP) is 4.35. The van der Waals surface area contributed by atoms with Crippen molar-refractivity contribution >= 4 is 29.6 Å². The van der Waals surface area contributed by atoms with E-state index in [1.54, 1.807) is 24.3 Å². The minimum Gasteiger partial charge on any atom is -0.455 e. The molecule has 0 spiro atoms. The summed E-state index contributed by atoms with van der Waals surface area (Å²) in [5.74, 6) is 0.926. The van der Waals surface area contributed by atoms with Gasteiger partial charge in [-0.1, -0.05) is 41.9 Å². The summed E-state index contributed by atoms with van der Waals surface area (Å²) < 4.78 is 11.3. The van der Waals surface area contributed by atoms with Gasteiger partial charge in [-0.3, -0.25) is 14.5 Å². The summed E-state index contributed by atoms with van der Waals surface area (Å²) in [6.07, 6.45) is 3.70. The molecular weight excluding hydrogens is 492 g/mol. The smallest absolute Gasteiger partial charge is 0.257 e. The molecule has 1 atom stereocenters. The molecule has 0 bridgehead atoms. The highest BCUT2D eigenvalue weighted by Gasteiger charge is 2.27. The molecule has 1 unspecified atom stereocenters. The van der Waals surface area contributed by atoms with Crippen molar-refractivity contribution in [2.45, 2.75) is 25.3 Å². The fourth-order valence-corrected chi connectivity index (χ4v) is 4.37. The predicted molar refractivity (Wildman–Crippen MR) is 144 cm³/mol. The van der Waals surface area contributed by atoms with Gasteiger partial charge in [0, 0.05) is 35.8 Å². The Kier molecular flexibility index (Phi) is 9.88. The molecule has 2 N–H and O–H groups in total. The van der Waals surface area contributed by atoms with Crippen molar-refractivity contribution in [2.24, 2.45) is 5.10 Å². The fourth-order valence-electron chi connectivity index (χ4n) is 4.18. The van der Waals surface area contributed by atoms with Crippen LogP contribution in [0.5, 0.6) is 0 Å². The van der Waals surface area contributed by atoms with E-state index in [0.717, 1.165) is 18.4 Å². The van der Waals surface area contributed by atoms with Crippen molar-refractivity contribution in [3.63, 3.8) is 0 Å². The zero-order valence-electron chi connectivity index (χ0n) is 20.6. The number of morpholine rings is 1. The van der Waals surface area contributed by atoms with Gasteiger partial charge in [0.2, 0.25) is 0 Å². The van der Waals surface area contributed by atoms with Gasteiger partial charge in [0.1, 0.15) is 11.5 Å². The molecule has 2 aromatic carbocycles. The largest absolute Gasteiger partial charge is 0.455 e. The Morgan fingerprint density at radius 2 is 1.84 bits per heavy atom. The third-order valence-electron chi connectivity index (χ3n) is 6.12. The Bertz CT molecular complexity index is 1190. The number of benzene rings is 2. The van der Waals surface area contributed by atoms with Crippen LogP contribution in [-0.4, -0.2) is 61.8 Å². The molecule has 1 fully saturated rings. The van der Waals surface area contributed by atoms with E-state index in [9.17, 15) is 9.59 Å². The number of nitrogens with one attached hydrogen (secondary N) is 2. The van der Waals surface area contributed by atoms with Gasteiger partial charge >= 0.3 is 0 Å². The number of hydrogen-bond acceptors (Lipinski definition) is 6. The van der Waals surface area contributed by atoms with Crippen molar-refractivity contribution in [1.29, 1.82) is 0 Å². The second kappa shape index (κ2) is 13.7. The highest BCUT2D eigenvalue weighted by atomic mass is 35.5. The summed E-state index contributed by atoms with van der Waals surface area (Å²) in [5.41, 5.74) is 4.17. The van der Waals surface area contributed by atoms with E-state index in [1.165, 1.54) is 6.21 Å². The lowest BCUT2D eigenvalue weighted by Crippen LogP contribution is -2.50. The molecule has 9 heteroatoms. The van der Waals surface area contributed by atoms with Crippen molar-refractivity contribution < 1.29 is 18.7 Å². The number of furan rings is 1. The lowest BCUT2D eigenvalue weighted by molar-refractivity contribution is -0.128. The third-order valence-corrected chi connectivity index (χ3v) is 6.35. The number of ether oxygens (including phenoxy) is 1. The summed E-state index contributed by atoms with van der Waals surface area (Å²) in [7, 11) is 0. The Morgan fingerprint density at radius 3 is 2.62 bits per heavy atom. The molecule has 1 saturated heterocycles. The van der Waals surface area contributed by atoms with Crippen LogP contribution in [-0.2, 0) is 9.53 Å². The van der Waals surface area contributed by atoms with Crippen LogP contribution < -0.4 is 10.7 Å². The van der Waals surface area contributed by atoms with E-state index >= 15 is 0 Å². The number of carbonyl (C=O) groups excluding carboxylic acids is 2. The molecule has 1 aliphatic rings. The average Bonchev–Trinajstić information content (AvgIpc) is 3.40. The SMILES string of the molecule is O=C(NCCCCC(C(=O)NN=Cc1ccc(-c2cccc(Cl)c2)o1)N1CCOCC1)c1ccccc1. The fraction of sp³-hybridized carbons (Fsp3) is 0.321. The normalized spacial score (nSPS) is 14.9. The number of carbonyl (C=O) groups is 2. The highest BCUT2D eigenvalue weighted by molar-refractivity contribution is 6.30. The first-order chi connectivity index (χ1) is 18.1. The molecule has 0 radical (unpaired) electrons. The standard InChI is InChI=1S/C28H31ClN4O4/c29-23-10-6-9-22(19-23)26-13-12-24(37-26)20-31-32-28(35)25(33-15-17-36-18-16-33)11-4-5-14-30-27(34)21-7-2-1-3-8-21/h1-3,6-10,12-13,19-20,25H,4-5,11,14-18H2,(H,30,34)(H,32,35). The maximum Gasteiger partial charge on any atom is 0.257 e. The lowest BCUT2D eigenvalue weighted by Gasteiger charge is -2.33. The Labute approximate surface area is 221 Å². The monoisotopic (exact) mass is 522 g/mol. The van der Waals surface area contributed by atoms with Gasteiger partial charge in [-0.25, -0.2) is 5.43 Å². The van der Waals surface area contributed by atoms with Crippen molar-refractivity contribution in [3.8, 4) is 11.3 Å². The van der Waals surface area contributed by atoms with Gasteiger partial charge in [-0.2, -0.15) is 5.10 Å². The summed E-state index contributed by atoms with van der Waals surface area (Å²) >= 11 is 6.06. The van der Waals surface area contributed by atoms with Crippen LogP contribution in [0.25, 0.3) is 11.3 Å². The number of hydrazone groups is 1. The van der Waals surface area contributed by atoms with E-state index in [1.807, 2.05) is 42.5 Å². The number of hydrogen-bond donors (Lipinski definition) is 2. The Morgan fingerprint density at radius 1 is 1.03 bits per heavy atom. The molecule has 0 saturated carbocycles. The zero-order chi connectivity index (χ0) is 25.9. The minimum absolute atomic E-state index is 0.0890. The molecule has 3 aromatic rings. The summed E-state index contributed by atoms with van der Waals surface area (Å²) in [5, 5.41) is 7.69. The van der Waals surface area contributed by atoms with E-state index in [-0.39, 0.29) is 17.9 Å². The summed E-state index contributed by atoms with van der Waals surface area (Å²) in [6.45, 7) is 3.12. The second-order valence-electron chi connectivity index (χ2n) is 8.73. The number of rotatable bonds is 11. The van der Waals surface area contributed by atoms with Crippen molar-refractivity contribution in [2.75, 3.05) is 32.8 Å². The first kappa shape index (κ1) is 26.6. The van der Waals surface area contributed by atoms with E-state index in [4.69, 9.17) is 20.8 Å². The van der Waals surface area contributed by atoms with Gasteiger partial charge in [-0.15, -0.1) is 0 Å². The second-order valence-corrected chi connectivity index (χ2v) is 9.16. The molecule has 1 aliphatic heterocycles. The van der Waals surface area contributed by atoms with Crippen LogP contribution in [0.2, 0.25) is 5.02 Å². The van der Waals surface area contributed by atoms with Gasteiger partial charge < -0.3 is 14.5 Å². The van der Waals surface area contributed by atoms with Crippen molar-refractivity contribution in [3.05, 3.63) is 83.1 Å². The summed E-state index contributed by atoms with van der Waals surface area (Å²) in [6, 6.07) is 19.8. The summed E-state index contributed by atoms with van der Waals surface area (Å²) in [4.78, 5) is 27.4. The number of amides is 2. The first-order valence-corrected chi connectivity index (χ1v) is 12.8. The van der Waals surface area contributed by atoms with Crippen LogP contribution in [0.4, 0.5) is 0 Å². The maximum absolute atomic E-state index is 13.0. The van der Waals surface area contributed by atoms with Crippen LogP contribution in [0.3, 0.4) is 0 Å². The third kappa shape index (κ3) is 8.01. The van der Waals surface area contributed by atoms with Crippen LogP contribution in [0, 0.1) is 0 Å². The van der Waals surface area contributed by atoms with Crippen LogP contribution in [0.15, 0.2) is 76.2 Å². The molecule has 1 aromatic heterocycles. The molecule has 2 heterocycles. The first-order valence-electron chi connectivity index (χ1n) is 12.4. The molecule has 37 heavy (non-hydrogen) atoms. The van der Waals surface area contributed by atoms with Gasteiger partial charge in [0.25, 0.3) is 11.8 Å². The van der Waals surface area contributed by atoms with Crippen LogP contribution >= 0.6 is 11.6 Å². The van der Waals surface area contributed by atoms with Gasteiger partial charge in [-0.05, 0) is 55.7 Å². The Hall–Kier alpha value is -3.46. The lowest BCUT2D eigenvalue weighted by atomic mass is 10.1. The number of nitrogens with zero attached hydrogens (tertiary/aromatic N) is 2. The van der Waals surface area contributed by atoms with E-state index in [0.29, 0.717) is 61.4 Å². The molecule has 4 rings (SSSR count). The quantitative estimate of drug-likeness (QED) is 0.222. The number of halogens is 1. The topological polar surface area (TPSA) is 96.2 Å². The van der Waals surface area contributed by atoms with E-state index in [2.05, 4.69) is 20.7 Å². The van der Waals surface area contributed by atoms with Gasteiger partial charge in [0.05, 0.1) is 25.5 Å².